The van der Waals surface area contributed by atoms with Crippen LogP contribution >= 0.6 is 0 Å². The van der Waals surface area contributed by atoms with Crippen LogP contribution in [0.4, 0.5) is 0 Å². The molecule has 30 heavy (non-hydrogen) atoms. The summed E-state index contributed by atoms with van der Waals surface area (Å²) in [6.07, 6.45) is 1.65. The van der Waals surface area contributed by atoms with Crippen molar-refractivity contribution in [2.75, 3.05) is 12.5 Å². The minimum atomic E-state index is -3.79. The van der Waals surface area contributed by atoms with Gasteiger partial charge in [0.25, 0.3) is 20.2 Å². The molecule has 0 saturated heterocycles. The predicted molar refractivity (Wildman–Crippen MR) is 115 cm³/mol. The molecule has 0 heterocycles. The zero-order chi connectivity index (χ0) is 21.5. The minimum absolute atomic E-state index is 0.244. The van der Waals surface area contributed by atoms with Gasteiger partial charge < -0.3 is 0 Å². The van der Waals surface area contributed by atoms with Crippen molar-refractivity contribution in [3.05, 3.63) is 77.4 Å². The van der Waals surface area contributed by atoms with Crippen LogP contribution in [0.3, 0.4) is 0 Å². The van der Waals surface area contributed by atoms with Crippen molar-refractivity contribution in [1.29, 1.82) is 0 Å². The molecular weight excluding hydrogens is 424 g/mol. The van der Waals surface area contributed by atoms with E-state index in [-0.39, 0.29) is 11.8 Å². The Balaban J connectivity index is 1.91. The van der Waals surface area contributed by atoms with E-state index in [9.17, 15) is 16.8 Å². The topological polar surface area (TPSA) is 86.7 Å². The molecule has 2 aromatic rings. The van der Waals surface area contributed by atoms with Crippen LogP contribution in [-0.4, -0.2) is 41.6 Å². The largest absolute Gasteiger partial charge is 0.264 e. The van der Waals surface area contributed by atoms with E-state index in [1.54, 1.807) is 0 Å². The highest BCUT2D eigenvalue weighted by atomic mass is 32.2. The van der Waals surface area contributed by atoms with Crippen LogP contribution in [-0.2, 0) is 28.6 Å². The van der Waals surface area contributed by atoms with Gasteiger partial charge in [-0.25, -0.2) is 0 Å². The molecule has 0 unspecified atom stereocenters. The molecule has 0 spiro atoms. The van der Waals surface area contributed by atoms with Gasteiger partial charge in [0.2, 0.25) is 0 Å². The van der Waals surface area contributed by atoms with Gasteiger partial charge in [-0.05, 0) is 29.5 Å². The van der Waals surface area contributed by atoms with E-state index >= 15 is 0 Å². The van der Waals surface area contributed by atoms with Gasteiger partial charge in [-0.3, -0.25) is 8.37 Å². The number of benzene rings is 2. The maximum Gasteiger partial charge on any atom is 0.264 e. The third-order valence-corrected chi connectivity index (χ3v) is 6.83. The normalized spacial score (nSPS) is 26.1. The molecule has 0 N–H and O–H groups in total. The van der Waals surface area contributed by atoms with Crippen molar-refractivity contribution in [1.82, 2.24) is 0 Å². The van der Waals surface area contributed by atoms with Crippen LogP contribution < -0.4 is 0 Å². The molecule has 2 aliphatic carbocycles. The second-order valence-corrected chi connectivity index (χ2v) is 11.1. The van der Waals surface area contributed by atoms with Crippen LogP contribution in [0.5, 0.6) is 0 Å². The standard InChI is InChI=1S/C22H24O6S2/c1-29(23,24)27-21-17-13-14-18(22(21)28-30(2,25)26)20(17)19(15-9-5-3-6-10-15)16-11-7-4-8-12-16/h3-12,17-18,21-22H,13-14H2,1-2H3/t17-,18-,21+,22+/m1/s1. The van der Waals surface area contributed by atoms with E-state index in [0.717, 1.165) is 34.8 Å². The van der Waals surface area contributed by atoms with E-state index < -0.39 is 32.4 Å². The molecule has 4 atom stereocenters. The zero-order valence-corrected chi connectivity index (χ0v) is 18.4. The average molecular weight is 449 g/mol. The molecule has 0 aromatic heterocycles. The summed E-state index contributed by atoms with van der Waals surface area (Å²) in [5, 5.41) is 0. The summed E-state index contributed by atoms with van der Waals surface area (Å²) in [7, 11) is -7.59. The number of fused-ring (bicyclic) bond motifs is 2. The van der Waals surface area contributed by atoms with Gasteiger partial charge in [0, 0.05) is 11.8 Å². The molecule has 2 bridgehead atoms. The quantitative estimate of drug-likeness (QED) is 0.631. The van der Waals surface area contributed by atoms with Gasteiger partial charge >= 0.3 is 0 Å². The first kappa shape index (κ1) is 21.2. The smallest absolute Gasteiger partial charge is 0.264 e. The van der Waals surface area contributed by atoms with Crippen molar-refractivity contribution in [2.45, 2.75) is 25.0 Å². The summed E-state index contributed by atoms with van der Waals surface area (Å²) >= 11 is 0. The first-order valence-corrected chi connectivity index (χ1v) is 13.4. The van der Waals surface area contributed by atoms with Crippen molar-refractivity contribution in [3.63, 3.8) is 0 Å². The highest BCUT2D eigenvalue weighted by Gasteiger charge is 2.56. The highest BCUT2D eigenvalue weighted by Crippen LogP contribution is 2.55. The number of rotatable bonds is 6. The Labute approximate surface area is 177 Å². The third kappa shape index (κ3) is 4.37. The Morgan fingerprint density at radius 1 is 0.700 bits per heavy atom. The molecular formula is C22H24O6S2. The Hall–Kier alpha value is -2.00. The molecule has 0 amide bonds. The molecule has 160 valence electrons. The molecule has 0 aliphatic heterocycles. The minimum Gasteiger partial charge on any atom is -0.264 e. The summed E-state index contributed by atoms with van der Waals surface area (Å²) in [5.74, 6) is -0.487. The van der Waals surface area contributed by atoms with Crippen molar-refractivity contribution in [2.24, 2.45) is 11.8 Å². The van der Waals surface area contributed by atoms with Gasteiger partial charge in [0.15, 0.2) is 0 Å². The lowest BCUT2D eigenvalue weighted by Crippen LogP contribution is -2.39. The molecule has 0 radical (unpaired) electrons. The summed E-state index contributed by atoms with van der Waals surface area (Å²) in [6.45, 7) is 0. The van der Waals surface area contributed by atoms with Gasteiger partial charge in [-0.1, -0.05) is 66.2 Å². The van der Waals surface area contributed by atoms with Crippen LogP contribution in [0.25, 0.3) is 5.57 Å². The zero-order valence-electron chi connectivity index (χ0n) is 16.8. The van der Waals surface area contributed by atoms with Crippen molar-refractivity contribution >= 4 is 25.8 Å². The van der Waals surface area contributed by atoms with Gasteiger partial charge in [-0.2, -0.15) is 16.8 Å². The molecule has 4 rings (SSSR count). The molecule has 8 heteroatoms. The van der Waals surface area contributed by atoms with Crippen LogP contribution in [0.15, 0.2) is 66.2 Å². The summed E-state index contributed by atoms with van der Waals surface area (Å²) in [5.41, 5.74) is 3.99. The molecule has 2 saturated carbocycles. The van der Waals surface area contributed by atoms with Crippen LogP contribution in [0, 0.1) is 11.8 Å². The Kier molecular flexibility index (Phi) is 5.61. The van der Waals surface area contributed by atoms with E-state index in [2.05, 4.69) is 0 Å². The van der Waals surface area contributed by atoms with E-state index in [1.807, 2.05) is 60.7 Å². The fourth-order valence-electron chi connectivity index (χ4n) is 4.81. The first-order chi connectivity index (χ1) is 14.1. The monoisotopic (exact) mass is 448 g/mol. The Morgan fingerprint density at radius 2 is 1.07 bits per heavy atom. The maximum atomic E-state index is 11.9. The van der Waals surface area contributed by atoms with E-state index in [4.69, 9.17) is 8.37 Å². The second-order valence-electron chi connectivity index (χ2n) is 7.88. The van der Waals surface area contributed by atoms with E-state index in [1.165, 1.54) is 0 Å². The molecule has 2 fully saturated rings. The SMILES string of the molecule is CS(=O)(=O)O[C@@H]1[C@@H](OS(C)(=O)=O)[C@@H]2CC[C@@H]1C2=C(c1ccccc1)c1ccccc1. The molecule has 2 aliphatic rings. The lowest BCUT2D eigenvalue weighted by molar-refractivity contribution is 0.0245. The molecule has 2 aromatic carbocycles. The van der Waals surface area contributed by atoms with Gasteiger partial charge in [-0.15, -0.1) is 0 Å². The number of hydrogen-bond donors (Lipinski definition) is 0. The van der Waals surface area contributed by atoms with Gasteiger partial charge in [0.05, 0.1) is 12.5 Å². The second kappa shape index (κ2) is 7.92. The maximum absolute atomic E-state index is 11.9. The van der Waals surface area contributed by atoms with Crippen molar-refractivity contribution in [3.8, 4) is 0 Å². The Bertz CT molecular complexity index is 1060. The lowest BCUT2D eigenvalue weighted by Gasteiger charge is -2.28. The third-order valence-electron chi connectivity index (χ3n) is 5.69. The van der Waals surface area contributed by atoms with Crippen LogP contribution in [0.1, 0.15) is 24.0 Å². The molecule has 6 nitrogen and oxygen atoms in total. The van der Waals surface area contributed by atoms with E-state index in [0.29, 0.717) is 12.8 Å². The summed E-state index contributed by atoms with van der Waals surface area (Å²) in [6, 6.07) is 19.7. The Morgan fingerprint density at radius 3 is 1.40 bits per heavy atom. The number of hydrogen-bond acceptors (Lipinski definition) is 6. The van der Waals surface area contributed by atoms with Crippen LogP contribution in [0.2, 0.25) is 0 Å². The average Bonchev–Trinajstić information content (AvgIpc) is 3.19. The fraction of sp³-hybridized carbons (Fsp3) is 0.364. The van der Waals surface area contributed by atoms with Crippen molar-refractivity contribution < 1.29 is 25.2 Å². The van der Waals surface area contributed by atoms with Gasteiger partial charge in [0.1, 0.15) is 12.2 Å². The first-order valence-electron chi connectivity index (χ1n) is 9.75. The predicted octanol–water partition coefficient (Wildman–Crippen LogP) is 3.22. The summed E-state index contributed by atoms with van der Waals surface area (Å²) < 4.78 is 58.6. The highest BCUT2D eigenvalue weighted by molar-refractivity contribution is 7.86. The fourth-order valence-corrected chi connectivity index (χ4v) is 6.11. The lowest BCUT2D eigenvalue weighted by atomic mass is 9.88. The summed E-state index contributed by atoms with van der Waals surface area (Å²) in [4.78, 5) is 0.